The molecule has 13 heteroatoms. The molecule has 0 bridgehead atoms. The van der Waals surface area contributed by atoms with Crippen LogP contribution in [0.1, 0.15) is 16.9 Å². The van der Waals surface area contributed by atoms with Crippen LogP contribution < -0.4 is 4.74 Å². The van der Waals surface area contributed by atoms with Crippen LogP contribution in [0.3, 0.4) is 0 Å². The molecule has 0 aliphatic carbocycles. The molecule has 0 saturated heterocycles. The number of benzene rings is 1. The molecule has 0 saturated carbocycles. The number of rotatable bonds is 7. The summed E-state index contributed by atoms with van der Waals surface area (Å²) in [5, 5.41) is 13.0. The Morgan fingerprint density at radius 2 is 1.76 bits per heavy atom. The summed E-state index contributed by atoms with van der Waals surface area (Å²) in [6, 6.07) is 5.68. The molecule has 176 valence electrons. The molecule has 0 fully saturated rings. The minimum atomic E-state index is -4.88. The second kappa shape index (κ2) is 9.17. The topological polar surface area (TPSA) is 90.1 Å². The van der Waals surface area contributed by atoms with E-state index in [0.29, 0.717) is 5.56 Å². The van der Waals surface area contributed by atoms with Gasteiger partial charge in [-0.05, 0) is 30.3 Å². The predicted molar refractivity (Wildman–Crippen MR) is 102 cm³/mol. The molecule has 2 heterocycles. The van der Waals surface area contributed by atoms with Crippen LogP contribution in [0.4, 0.5) is 26.3 Å². The predicted octanol–water partition coefficient (Wildman–Crippen LogP) is 4.19. The molecular formula is C20H16F6N4O3. The van der Waals surface area contributed by atoms with Gasteiger partial charge in [0, 0.05) is 25.2 Å². The first kappa shape index (κ1) is 24.2. The van der Waals surface area contributed by atoms with Crippen LogP contribution in [0, 0.1) is 5.92 Å². The molecule has 0 radical (unpaired) electrons. The number of aromatic nitrogens is 4. The molecule has 1 aromatic carbocycles. The highest BCUT2D eigenvalue weighted by atomic mass is 19.4. The van der Waals surface area contributed by atoms with Crippen molar-refractivity contribution in [2.45, 2.75) is 19.0 Å². The average molecular weight is 474 g/mol. The minimum absolute atomic E-state index is 0.0212. The summed E-state index contributed by atoms with van der Waals surface area (Å²) in [5.41, 5.74) is 0.357. The summed E-state index contributed by atoms with van der Waals surface area (Å²) in [6.07, 6.45) is -7.83. The number of alkyl halides is 6. The van der Waals surface area contributed by atoms with E-state index in [0.717, 1.165) is 18.2 Å². The second-order valence-electron chi connectivity index (χ2n) is 6.99. The largest absolute Gasteiger partial charge is 0.573 e. The van der Waals surface area contributed by atoms with Gasteiger partial charge in [0.25, 0.3) is 0 Å². The van der Waals surface area contributed by atoms with Crippen LogP contribution in [-0.2, 0) is 7.05 Å². The van der Waals surface area contributed by atoms with Gasteiger partial charge >= 0.3 is 12.5 Å². The van der Waals surface area contributed by atoms with Crippen molar-refractivity contribution >= 4 is 5.78 Å². The van der Waals surface area contributed by atoms with E-state index < -0.39 is 43.0 Å². The number of carbonyl (C=O) groups excluding carboxylic acids is 1. The monoisotopic (exact) mass is 474 g/mol. The highest BCUT2D eigenvalue weighted by Gasteiger charge is 2.40. The van der Waals surface area contributed by atoms with E-state index in [1.165, 1.54) is 29.2 Å². The molecular weight excluding hydrogens is 458 g/mol. The lowest BCUT2D eigenvalue weighted by molar-refractivity contribution is -0.274. The molecule has 0 aliphatic rings. The molecule has 0 amide bonds. The molecule has 33 heavy (non-hydrogen) atoms. The van der Waals surface area contributed by atoms with Gasteiger partial charge in [-0.2, -0.15) is 18.3 Å². The Bertz CT molecular complexity index is 1130. The van der Waals surface area contributed by atoms with Gasteiger partial charge in [-0.15, -0.1) is 13.2 Å². The first-order valence-corrected chi connectivity index (χ1v) is 9.31. The van der Waals surface area contributed by atoms with Crippen LogP contribution in [0.5, 0.6) is 5.75 Å². The maximum absolute atomic E-state index is 13.0. The number of nitrogens with zero attached hydrogens (tertiary/aromatic N) is 4. The van der Waals surface area contributed by atoms with Gasteiger partial charge < -0.3 is 9.84 Å². The van der Waals surface area contributed by atoms with Gasteiger partial charge in [0.15, 0.2) is 11.6 Å². The summed E-state index contributed by atoms with van der Waals surface area (Å²) in [6.45, 7) is -1.27. The Labute approximate surface area is 182 Å². The molecule has 0 spiro atoms. The first-order valence-electron chi connectivity index (χ1n) is 9.31. The summed E-state index contributed by atoms with van der Waals surface area (Å²) in [5.74, 6) is -3.77. The van der Waals surface area contributed by atoms with E-state index in [9.17, 15) is 31.1 Å². The minimum Gasteiger partial charge on any atom is -0.406 e. The SMILES string of the molecule is Cn1cc(-c2nc(C(=O)C[C@H](CO)C(F)(F)F)cc(-c3ccc(OC(F)(F)F)cc3)n2)cn1. The molecule has 0 aliphatic heterocycles. The van der Waals surface area contributed by atoms with Crippen molar-refractivity contribution in [2.24, 2.45) is 13.0 Å². The summed E-state index contributed by atoms with van der Waals surface area (Å²) in [7, 11) is 1.61. The van der Waals surface area contributed by atoms with Gasteiger partial charge in [0.2, 0.25) is 0 Å². The number of ketones is 1. The van der Waals surface area contributed by atoms with E-state index in [1.807, 2.05) is 0 Å². The normalized spacial score (nSPS) is 13.1. The number of Topliss-reactive ketones (excluding diaryl/α,β-unsaturated/α-hetero) is 1. The number of halogens is 6. The lowest BCUT2D eigenvalue weighted by Crippen LogP contribution is -2.29. The molecule has 1 atom stereocenters. The van der Waals surface area contributed by atoms with Crippen molar-refractivity contribution in [2.75, 3.05) is 6.61 Å². The summed E-state index contributed by atoms with van der Waals surface area (Å²) in [4.78, 5) is 20.9. The number of carbonyl (C=O) groups is 1. The molecule has 0 unspecified atom stereocenters. The fourth-order valence-corrected chi connectivity index (χ4v) is 2.84. The highest BCUT2D eigenvalue weighted by Crippen LogP contribution is 2.31. The Morgan fingerprint density at radius 1 is 1.09 bits per heavy atom. The number of hydrogen-bond donors (Lipinski definition) is 1. The zero-order valence-electron chi connectivity index (χ0n) is 16.9. The van der Waals surface area contributed by atoms with Crippen molar-refractivity contribution < 1.29 is 41.0 Å². The number of aliphatic hydroxyl groups is 1. The first-order chi connectivity index (χ1) is 15.4. The standard InChI is InChI=1S/C20H16F6N4O3/c1-30-9-12(8-27-30)18-28-15(11-2-4-14(5-3-11)33-20(24,25)26)7-16(29-18)17(32)6-13(10-31)19(21,22)23/h2-5,7-9,13,31H,6,10H2,1H3/t13-/m1/s1. The molecule has 3 rings (SSSR count). The van der Waals surface area contributed by atoms with E-state index in [-0.39, 0.29) is 22.8 Å². The number of aryl methyl sites for hydroxylation is 1. The van der Waals surface area contributed by atoms with Crippen LogP contribution in [0.25, 0.3) is 22.6 Å². The third-order valence-electron chi connectivity index (χ3n) is 4.47. The van der Waals surface area contributed by atoms with Crippen molar-refractivity contribution in [3.05, 3.63) is 48.4 Å². The molecule has 3 aromatic rings. The van der Waals surface area contributed by atoms with Gasteiger partial charge in [-0.25, -0.2) is 9.97 Å². The van der Waals surface area contributed by atoms with Crippen LogP contribution in [0.2, 0.25) is 0 Å². The zero-order valence-corrected chi connectivity index (χ0v) is 16.9. The Kier molecular flexibility index (Phi) is 6.72. The Hall–Kier alpha value is -3.48. The van der Waals surface area contributed by atoms with Gasteiger partial charge in [0.1, 0.15) is 11.4 Å². The van der Waals surface area contributed by atoms with Crippen molar-refractivity contribution in [1.29, 1.82) is 0 Å². The van der Waals surface area contributed by atoms with Crippen LogP contribution >= 0.6 is 0 Å². The fraction of sp³-hybridized carbons (Fsp3) is 0.300. The van der Waals surface area contributed by atoms with E-state index in [2.05, 4.69) is 19.8 Å². The van der Waals surface area contributed by atoms with Crippen molar-refractivity contribution in [3.8, 4) is 28.4 Å². The van der Waals surface area contributed by atoms with E-state index in [1.54, 1.807) is 7.05 Å². The van der Waals surface area contributed by atoms with Crippen molar-refractivity contribution in [1.82, 2.24) is 19.7 Å². The third-order valence-corrected chi connectivity index (χ3v) is 4.47. The fourth-order valence-electron chi connectivity index (χ4n) is 2.84. The third kappa shape index (κ3) is 6.28. The van der Waals surface area contributed by atoms with Crippen LogP contribution in [-0.4, -0.2) is 49.8 Å². The lowest BCUT2D eigenvalue weighted by Gasteiger charge is -2.17. The van der Waals surface area contributed by atoms with E-state index >= 15 is 0 Å². The Morgan fingerprint density at radius 3 is 2.27 bits per heavy atom. The molecule has 7 nitrogen and oxygen atoms in total. The van der Waals surface area contributed by atoms with Crippen molar-refractivity contribution in [3.63, 3.8) is 0 Å². The maximum Gasteiger partial charge on any atom is 0.573 e. The lowest BCUT2D eigenvalue weighted by atomic mass is 10.00. The van der Waals surface area contributed by atoms with Gasteiger partial charge in [-0.1, -0.05) is 0 Å². The number of aliphatic hydroxyl groups excluding tert-OH is 1. The van der Waals surface area contributed by atoms with Gasteiger partial charge in [0.05, 0.1) is 30.0 Å². The molecule has 2 aromatic heterocycles. The summed E-state index contributed by atoms with van der Waals surface area (Å²) < 4.78 is 81.4. The van der Waals surface area contributed by atoms with Crippen LogP contribution in [0.15, 0.2) is 42.7 Å². The maximum atomic E-state index is 13.0. The van der Waals surface area contributed by atoms with Gasteiger partial charge in [-0.3, -0.25) is 9.48 Å². The second-order valence-corrected chi connectivity index (χ2v) is 6.99. The highest BCUT2D eigenvalue weighted by molar-refractivity contribution is 5.95. The molecule has 1 N–H and O–H groups in total. The van der Waals surface area contributed by atoms with E-state index in [4.69, 9.17) is 5.11 Å². The Balaban J connectivity index is 2.01. The summed E-state index contributed by atoms with van der Waals surface area (Å²) >= 11 is 0. The zero-order chi connectivity index (χ0) is 24.4. The smallest absolute Gasteiger partial charge is 0.406 e. The number of hydrogen-bond acceptors (Lipinski definition) is 6. The number of ether oxygens (including phenoxy) is 1. The quantitative estimate of drug-likeness (QED) is 0.408. The average Bonchev–Trinajstić information content (AvgIpc) is 3.16.